The third kappa shape index (κ3) is 1.35. The lowest BCUT2D eigenvalue weighted by Crippen LogP contribution is -2.34. The van der Waals surface area contributed by atoms with E-state index >= 15 is 0 Å². The van der Waals surface area contributed by atoms with Crippen molar-refractivity contribution in [1.82, 2.24) is 15.8 Å². The molecule has 2 rings (SSSR count). The topological polar surface area (TPSA) is 131 Å². The first-order valence-corrected chi connectivity index (χ1v) is 3.57. The van der Waals surface area contributed by atoms with Crippen molar-refractivity contribution < 1.29 is 14.7 Å². The van der Waals surface area contributed by atoms with Crippen LogP contribution in [0.25, 0.3) is 0 Å². The number of hydrogen-bond donors (Lipinski definition) is 3. The average molecular weight is 198 g/mol. The minimum absolute atomic E-state index is 0.0468. The molecule has 0 fully saturated rings. The first kappa shape index (κ1) is 8.44. The number of nitrogens with one attached hydrogen (secondary N) is 1. The number of nitrogen functional groups attached to an aromatic ring is 1. The van der Waals surface area contributed by atoms with E-state index in [9.17, 15) is 0 Å². The van der Waals surface area contributed by atoms with E-state index < -0.39 is 0 Å². The Morgan fingerprint density at radius 3 is 3.00 bits per heavy atom. The zero-order valence-electron chi connectivity index (χ0n) is 6.84. The Morgan fingerprint density at radius 2 is 2.36 bits per heavy atom. The van der Waals surface area contributed by atoms with E-state index in [4.69, 9.17) is 15.8 Å². The van der Waals surface area contributed by atoms with Gasteiger partial charge in [0.25, 0.3) is 0 Å². The Hall–Kier alpha value is -2.16. The van der Waals surface area contributed by atoms with E-state index in [0.29, 0.717) is 0 Å². The van der Waals surface area contributed by atoms with Gasteiger partial charge in [0, 0.05) is 0 Å². The van der Waals surface area contributed by atoms with Crippen LogP contribution >= 0.6 is 0 Å². The van der Waals surface area contributed by atoms with E-state index in [1.807, 2.05) is 0 Å². The zero-order chi connectivity index (χ0) is 9.97. The first-order chi connectivity index (χ1) is 6.81. The molecular weight excluding hydrogens is 192 g/mol. The van der Waals surface area contributed by atoms with Gasteiger partial charge in [-0.15, -0.1) is 0 Å². The van der Waals surface area contributed by atoms with Crippen molar-refractivity contribution in [1.29, 1.82) is 0 Å². The molecule has 0 saturated heterocycles. The van der Waals surface area contributed by atoms with Gasteiger partial charge in [0.2, 0.25) is 0 Å². The summed E-state index contributed by atoms with van der Waals surface area (Å²) in [5, 5.41) is 18.2. The smallest absolute Gasteiger partial charge is 0.199 e. The molecule has 2 heterocycles. The maximum absolute atomic E-state index is 8.46. The molecule has 0 radical (unpaired) electrons. The van der Waals surface area contributed by atoms with Crippen molar-refractivity contribution in [2.75, 3.05) is 12.3 Å². The van der Waals surface area contributed by atoms with Crippen LogP contribution < -0.4 is 11.2 Å². The van der Waals surface area contributed by atoms with Crippen molar-refractivity contribution in [3.63, 3.8) is 0 Å². The van der Waals surface area contributed by atoms with E-state index in [-0.39, 0.29) is 29.8 Å². The van der Waals surface area contributed by atoms with Crippen LogP contribution in [0.2, 0.25) is 0 Å². The van der Waals surface area contributed by atoms with Crippen molar-refractivity contribution in [3.8, 4) is 0 Å². The van der Waals surface area contributed by atoms with Gasteiger partial charge < -0.3 is 10.9 Å². The highest BCUT2D eigenvalue weighted by Gasteiger charge is 2.19. The fourth-order valence-electron chi connectivity index (χ4n) is 0.865. The summed E-state index contributed by atoms with van der Waals surface area (Å²) >= 11 is 0. The van der Waals surface area contributed by atoms with Gasteiger partial charge in [-0.25, -0.2) is 15.1 Å². The predicted octanol–water partition coefficient (Wildman–Crippen LogP) is -1.28. The van der Waals surface area contributed by atoms with Gasteiger partial charge in [-0.1, -0.05) is 5.16 Å². The van der Waals surface area contributed by atoms with Crippen LogP contribution in [-0.4, -0.2) is 33.8 Å². The number of aliphatic imine (C=N–C) groups is 1. The predicted molar refractivity (Wildman–Crippen MR) is 43.6 cm³/mol. The summed E-state index contributed by atoms with van der Waals surface area (Å²) in [5.74, 6) is 0.350. The van der Waals surface area contributed by atoms with Crippen LogP contribution in [0.5, 0.6) is 0 Å². The van der Waals surface area contributed by atoms with Gasteiger partial charge in [-0.2, -0.15) is 0 Å². The minimum Gasteiger partial charge on any atom is -0.409 e. The maximum atomic E-state index is 8.46. The summed E-state index contributed by atoms with van der Waals surface area (Å²) in [6.07, 6.45) is 0. The Labute approximate surface area is 77.2 Å². The minimum atomic E-state index is 0.0468. The number of oxime groups is 1. The SMILES string of the molecule is Nc1nonc1C1=NC(=NO)CON1. The van der Waals surface area contributed by atoms with Gasteiger partial charge >= 0.3 is 0 Å². The van der Waals surface area contributed by atoms with Gasteiger partial charge in [0.05, 0.1) is 0 Å². The molecule has 1 aliphatic rings. The molecular formula is C5H6N6O3. The molecule has 0 atom stereocenters. The Balaban J connectivity index is 2.35. The fourth-order valence-corrected chi connectivity index (χ4v) is 0.865. The summed E-state index contributed by atoms with van der Waals surface area (Å²) in [7, 11) is 0. The van der Waals surface area contributed by atoms with Crippen LogP contribution in [0.15, 0.2) is 14.8 Å². The highest BCUT2D eigenvalue weighted by Crippen LogP contribution is 2.06. The monoisotopic (exact) mass is 198 g/mol. The lowest BCUT2D eigenvalue weighted by Gasteiger charge is -2.12. The van der Waals surface area contributed by atoms with Crippen molar-refractivity contribution in [2.45, 2.75) is 0 Å². The standard InChI is InChI=1S/C5H6N6O3/c6-4-3(9-14-10-4)5-7-2(8-12)1-13-11-5/h12H,1H2,(H2,6,10)(H,7,8,11). The quantitative estimate of drug-likeness (QED) is 0.378. The van der Waals surface area contributed by atoms with Gasteiger partial charge in [-0.3, -0.25) is 4.84 Å². The lowest BCUT2D eigenvalue weighted by molar-refractivity contribution is 0.111. The molecule has 0 unspecified atom stereocenters. The zero-order valence-corrected chi connectivity index (χ0v) is 6.84. The molecule has 4 N–H and O–H groups in total. The van der Waals surface area contributed by atoms with Crippen molar-refractivity contribution >= 4 is 17.5 Å². The second-order valence-electron chi connectivity index (χ2n) is 2.37. The highest BCUT2D eigenvalue weighted by atomic mass is 16.6. The van der Waals surface area contributed by atoms with Crippen LogP contribution in [0.4, 0.5) is 5.82 Å². The van der Waals surface area contributed by atoms with Crippen molar-refractivity contribution in [2.24, 2.45) is 10.1 Å². The molecule has 0 spiro atoms. The Morgan fingerprint density at radius 1 is 1.50 bits per heavy atom. The maximum Gasteiger partial charge on any atom is 0.199 e. The van der Waals surface area contributed by atoms with Crippen LogP contribution in [0, 0.1) is 0 Å². The molecule has 1 aliphatic heterocycles. The summed E-state index contributed by atoms with van der Waals surface area (Å²) in [4.78, 5) is 8.67. The number of nitrogens with zero attached hydrogens (tertiary/aromatic N) is 4. The summed E-state index contributed by atoms with van der Waals surface area (Å²) < 4.78 is 4.36. The van der Waals surface area contributed by atoms with Gasteiger partial charge in [-0.05, 0) is 10.3 Å². The molecule has 0 aromatic carbocycles. The molecule has 0 aliphatic carbocycles. The van der Waals surface area contributed by atoms with E-state index in [2.05, 4.69) is 30.6 Å². The highest BCUT2D eigenvalue weighted by molar-refractivity contribution is 6.08. The molecule has 14 heavy (non-hydrogen) atoms. The molecule has 0 bridgehead atoms. The lowest BCUT2D eigenvalue weighted by atomic mass is 10.4. The Bertz CT molecular complexity index is 396. The average Bonchev–Trinajstić information content (AvgIpc) is 2.65. The number of hydroxylamine groups is 1. The number of nitrogens with two attached hydrogens (primary N) is 1. The fraction of sp³-hybridized carbons (Fsp3) is 0.200. The van der Waals surface area contributed by atoms with Crippen LogP contribution in [-0.2, 0) is 4.84 Å². The van der Waals surface area contributed by atoms with E-state index in [1.165, 1.54) is 0 Å². The molecule has 1 aromatic rings. The number of anilines is 1. The Kier molecular flexibility index (Phi) is 1.99. The number of aromatic nitrogens is 2. The summed E-state index contributed by atoms with van der Waals surface area (Å²) in [6.45, 7) is 0.0468. The molecule has 0 amide bonds. The second-order valence-corrected chi connectivity index (χ2v) is 2.37. The normalized spacial score (nSPS) is 19.1. The molecule has 1 aromatic heterocycles. The van der Waals surface area contributed by atoms with Gasteiger partial charge in [0.15, 0.2) is 23.2 Å². The van der Waals surface area contributed by atoms with Crippen LogP contribution in [0.1, 0.15) is 5.69 Å². The molecule has 9 nitrogen and oxygen atoms in total. The first-order valence-electron chi connectivity index (χ1n) is 3.57. The van der Waals surface area contributed by atoms with Crippen LogP contribution in [0.3, 0.4) is 0 Å². The largest absolute Gasteiger partial charge is 0.409 e. The second kappa shape index (κ2) is 3.30. The van der Waals surface area contributed by atoms with E-state index in [1.54, 1.807) is 0 Å². The summed E-state index contributed by atoms with van der Waals surface area (Å²) in [5.41, 5.74) is 8.05. The van der Waals surface area contributed by atoms with E-state index in [0.717, 1.165) is 0 Å². The number of rotatable bonds is 1. The summed E-state index contributed by atoms with van der Waals surface area (Å²) in [6, 6.07) is 0. The van der Waals surface area contributed by atoms with Gasteiger partial charge in [0.1, 0.15) is 6.61 Å². The molecule has 9 heteroatoms. The third-order valence-electron chi connectivity index (χ3n) is 1.46. The molecule has 0 saturated carbocycles. The van der Waals surface area contributed by atoms with Crippen molar-refractivity contribution in [3.05, 3.63) is 5.69 Å². The number of amidine groups is 2. The third-order valence-corrected chi connectivity index (χ3v) is 1.46. The molecule has 74 valence electrons. The number of hydrogen-bond acceptors (Lipinski definition) is 8.